The van der Waals surface area contributed by atoms with E-state index in [1.165, 1.54) is 7.11 Å². The van der Waals surface area contributed by atoms with E-state index in [9.17, 15) is 18.0 Å². The van der Waals surface area contributed by atoms with Crippen molar-refractivity contribution in [3.63, 3.8) is 0 Å². The van der Waals surface area contributed by atoms with Crippen LogP contribution >= 0.6 is 0 Å². The molecule has 6 nitrogen and oxygen atoms in total. The maximum absolute atomic E-state index is 12.8. The van der Waals surface area contributed by atoms with Crippen molar-refractivity contribution in [1.29, 1.82) is 0 Å². The number of ether oxygens (including phenoxy) is 1. The van der Waals surface area contributed by atoms with Gasteiger partial charge in [0.1, 0.15) is 11.6 Å². The summed E-state index contributed by atoms with van der Waals surface area (Å²) < 4.78 is 44.5. The number of carbonyl (C=O) groups is 1. The molecule has 0 saturated heterocycles. The lowest BCUT2D eigenvalue weighted by Crippen LogP contribution is -2.26. The van der Waals surface area contributed by atoms with Crippen LogP contribution in [0.25, 0.3) is 0 Å². The quantitative estimate of drug-likeness (QED) is 0.936. The van der Waals surface area contributed by atoms with Crippen LogP contribution in [0.15, 0.2) is 30.3 Å². The Labute approximate surface area is 129 Å². The Morgan fingerprint density at radius 2 is 1.96 bits per heavy atom. The van der Waals surface area contributed by atoms with Crippen LogP contribution in [0, 0.1) is 0 Å². The molecule has 2 aromatic rings. The van der Waals surface area contributed by atoms with Gasteiger partial charge in [0, 0.05) is 13.1 Å². The van der Waals surface area contributed by atoms with Gasteiger partial charge in [0.05, 0.1) is 13.7 Å². The molecule has 0 spiro atoms. The molecule has 9 heteroatoms. The zero-order valence-electron chi connectivity index (χ0n) is 12.3. The molecule has 0 saturated carbocycles. The van der Waals surface area contributed by atoms with Gasteiger partial charge in [-0.05, 0) is 17.7 Å². The van der Waals surface area contributed by atoms with Crippen LogP contribution in [-0.4, -0.2) is 35.1 Å². The molecule has 0 aliphatic rings. The van der Waals surface area contributed by atoms with E-state index in [1.54, 1.807) is 24.3 Å². The number of anilines is 1. The Morgan fingerprint density at radius 3 is 2.43 bits per heavy atom. The molecule has 2 rings (SSSR count). The van der Waals surface area contributed by atoms with Gasteiger partial charge in [0.25, 0.3) is 0 Å². The van der Waals surface area contributed by atoms with Gasteiger partial charge in [-0.25, -0.2) is 9.48 Å². The van der Waals surface area contributed by atoms with Gasteiger partial charge in [0.2, 0.25) is 0 Å². The molecule has 1 amide bonds. The second kappa shape index (κ2) is 6.19. The summed E-state index contributed by atoms with van der Waals surface area (Å²) in [5, 5.41) is 12.5. The Kier molecular flexibility index (Phi) is 4.48. The number of nitrogens with zero attached hydrogens (tertiary/aromatic N) is 3. The maximum atomic E-state index is 12.8. The summed E-state index contributed by atoms with van der Waals surface area (Å²) >= 11 is 0. The van der Waals surface area contributed by atoms with E-state index in [0.717, 1.165) is 11.7 Å². The zero-order valence-corrected chi connectivity index (χ0v) is 12.3. The molecule has 0 atom stereocenters. The van der Waals surface area contributed by atoms with Crippen molar-refractivity contribution in [3.05, 3.63) is 41.6 Å². The largest absolute Gasteiger partial charge is 0.497 e. The number of amides is 1. The Morgan fingerprint density at radius 1 is 1.35 bits per heavy atom. The van der Waals surface area contributed by atoms with Gasteiger partial charge >= 0.3 is 12.3 Å². The predicted octanol–water partition coefficient (Wildman–Crippen LogP) is 3.07. The fourth-order valence-corrected chi connectivity index (χ4v) is 1.93. The van der Waals surface area contributed by atoms with E-state index in [-0.39, 0.29) is 12.4 Å². The van der Waals surface area contributed by atoms with Gasteiger partial charge in [-0.15, -0.1) is 0 Å². The van der Waals surface area contributed by atoms with E-state index in [2.05, 4.69) is 5.10 Å². The van der Waals surface area contributed by atoms with Crippen LogP contribution in [0.1, 0.15) is 11.3 Å². The molecule has 1 heterocycles. The second-order valence-corrected chi connectivity index (χ2v) is 4.73. The smallest absolute Gasteiger partial charge is 0.435 e. The minimum atomic E-state index is -4.65. The molecule has 0 fully saturated rings. The normalized spacial score (nSPS) is 11.3. The van der Waals surface area contributed by atoms with Gasteiger partial charge < -0.3 is 9.84 Å². The van der Waals surface area contributed by atoms with Gasteiger partial charge in [-0.2, -0.15) is 18.3 Å². The van der Waals surface area contributed by atoms with Crippen molar-refractivity contribution in [2.75, 3.05) is 19.1 Å². The second-order valence-electron chi connectivity index (χ2n) is 4.73. The average molecular weight is 329 g/mol. The fourth-order valence-electron chi connectivity index (χ4n) is 1.93. The highest BCUT2D eigenvalue weighted by Gasteiger charge is 2.36. The van der Waals surface area contributed by atoms with Crippen molar-refractivity contribution < 1.29 is 27.8 Å². The minimum Gasteiger partial charge on any atom is -0.497 e. The lowest BCUT2D eigenvalue weighted by Gasteiger charge is -2.15. The molecule has 1 N–H and O–H groups in total. The van der Waals surface area contributed by atoms with Crippen LogP contribution in [0.5, 0.6) is 5.75 Å². The predicted molar refractivity (Wildman–Crippen MR) is 75.8 cm³/mol. The van der Waals surface area contributed by atoms with Crippen molar-refractivity contribution in [3.8, 4) is 5.75 Å². The summed E-state index contributed by atoms with van der Waals surface area (Å²) in [5.41, 5.74) is -0.489. The summed E-state index contributed by atoms with van der Waals surface area (Å²) in [5.74, 6) is 0.439. The van der Waals surface area contributed by atoms with Crippen LogP contribution in [0.3, 0.4) is 0 Å². The first-order valence-corrected chi connectivity index (χ1v) is 6.47. The SMILES string of the molecule is COc1ccc(Cn2nc(C(F)(F)F)cc2N(C)C(=O)O)cc1. The summed E-state index contributed by atoms with van der Waals surface area (Å²) in [6.45, 7) is -0.00692. The first kappa shape index (κ1) is 16.7. The van der Waals surface area contributed by atoms with E-state index >= 15 is 0 Å². The molecule has 1 aromatic heterocycles. The molecule has 23 heavy (non-hydrogen) atoms. The summed E-state index contributed by atoms with van der Waals surface area (Å²) in [6, 6.07) is 7.35. The third-order valence-electron chi connectivity index (χ3n) is 3.17. The standard InChI is InChI=1S/C14H14F3N3O3/c1-19(13(21)22)12-7-11(14(15,16)17)18-20(12)8-9-3-5-10(23-2)6-4-9/h3-7H,8H2,1-2H3,(H,21,22). The van der Waals surface area contributed by atoms with Crippen LogP contribution in [0.2, 0.25) is 0 Å². The van der Waals surface area contributed by atoms with Crippen LogP contribution in [-0.2, 0) is 12.7 Å². The van der Waals surface area contributed by atoms with Crippen molar-refractivity contribution in [2.45, 2.75) is 12.7 Å². The van der Waals surface area contributed by atoms with E-state index < -0.39 is 18.0 Å². The minimum absolute atomic E-state index is 0.00692. The number of halogens is 3. The van der Waals surface area contributed by atoms with E-state index in [1.807, 2.05) is 0 Å². The Hall–Kier alpha value is -2.71. The van der Waals surface area contributed by atoms with Crippen molar-refractivity contribution in [2.24, 2.45) is 0 Å². The van der Waals surface area contributed by atoms with Crippen LogP contribution in [0.4, 0.5) is 23.8 Å². The third kappa shape index (κ3) is 3.74. The third-order valence-corrected chi connectivity index (χ3v) is 3.17. The topological polar surface area (TPSA) is 67.6 Å². The highest BCUT2D eigenvalue weighted by Crippen LogP contribution is 2.31. The van der Waals surface area contributed by atoms with Crippen LogP contribution < -0.4 is 9.64 Å². The first-order valence-electron chi connectivity index (χ1n) is 6.47. The zero-order chi connectivity index (χ0) is 17.2. The number of alkyl halides is 3. The molecule has 0 radical (unpaired) electrons. The lowest BCUT2D eigenvalue weighted by molar-refractivity contribution is -0.141. The summed E-state index contributed by atoms with van der Waals surface area (Å²) in [7, 11) is 2.65. The number of methoxy groups -OCH3 is 1. The number of carboxylic acid groups (broad SMARTS) is 1. The number of hydrogen-bond donors (Lipinski definition) is 1. The highest BCUT2D eigenvalue weighted by atomic mass is 19.4. The number of hydrogen-bond acceptors (Lipinski definition) is 3. The average Bonchev–Trinajstić information content (AvgIpc) is 2.91. The number of rotatable bonds is 4. The van der Waals surface area contributed by atoms with Crippen molar-refractivity contribution >= 4 is 11.9 Å². The van der Waals surface area contributed by atoms with Gasteiger partial charge in [0.15, 0.2) is 5.69 Å². The van der Waals surface area contributed by atoms with Crippen molar-refractivity contribution in [1.82, 2.24) is 9.78 Å². The number of aromatic nitrogens is 2. The van der Waals surface area contributed by atoms with E-state index in [4.69, 9.17) is 9.84 Å². The molecule has 1 aromatic carbocycles. The number of benzene rings is 1. The van der Waals surface area contributed by atoms with Gasteiger partial charge in [-0.3, -0.25) is 4.90 Å². The Balaban J connectivity index is 2.38. The molecule has 0 bridgehead atoms. The molecule has 0 aliphatic carbocycles. The summed E-state index contributed by atoms with van der Waals surface area (Å²) in [6.07, 6.45) is -6.03. The molecule has 0 unspecified atom stereocenters. The lowest BCUT2D eigenvalue weighted by atomic mass is 10.2. The fraction of sp³-hybridized carbons (Fsp3) is 0.286. The molecular weight excluding hydrogens is 315 g/mol. The molecule has 0 aliphatic heterocycles. The summed E-state index contributed by atoms with van der Waals surface area (Å²) in [4.78, 5) is 11.7. The highest BCUT2D eigenvalue weighted by molar-refractivity contribution is 5.84. The Bertz CT molecular complexity index is 696. The van der Waals surface area contributed by atoms with E-state index in [0.29, 0.717) is 22.3 Å². The molecular formula is C14H14F3N3O3. The molecule has 124 valence electrons. The first-order chi connectivity index (χ1) is 10.7. The van der Waals surface area contributed by atoms with Gasteiger partial charge in [-0.1, -0.05) is 12.1 Å². The maximum Gasteiger partial charge on any atom is 0.435 e. The monoisotopic (exact) mass is 329 g/mol.